The van der Waals surface area contributed by atoms with E-state index in [0.29, 0.717) is 6.42 Å². The molecule has 5 heteroatoms. The van der Waals surface area contributed by atoms with Crippen molar-refractivity contribution in [3.63, 3.8) is 0 Å². The Labute approximate surface area is 149 Å². The van der Waals surface area contributed by atoms with Crippen molar-refractivity contribution in [3.05, 3.63) is 48.0 Å². The van der Waals surface area contributed by atoms with Crippen LogP contribution in [-0.4, -0.2) is 30.9 Å². The van der Waals surface area contributed by atoms with Crippen LogP contribution < -0.4 is 0 Å². The zero-order chi connectivity index (χ0) is 19.0. The number of ether oxygens (including phenoxy) is 2. The van der Waals surface area contributed by atoms with Crippen LogP contribution in [0.1, 0.15) is 33.3 Å². The maximum atomic E-state index is 12.5. The molecule has 1 rings (SSSR count). The van der Waals surface area contributed by atoms with E-state index in [9.17, 15) is 14.4 Å². The van der Waals surface area contributed by atoms with Gasteiger partial charge in [0, 0.05) is 5.92 Å². The van der Waals surface area contributed by atoms with Crippen LogP contribution in [0, 0.1) is 11.3 Å². The Morgan fingerprint density at radius 1 is 1.04 bits per heavy atom. The van der Waals surface area contributed by atoms with Gasteiger partial charge in [-0.15, -0.1) is 0 Å². The van der Waals surface area contributed by atoms with Gasteiger partial charge in [0.05, 0.1) is 13.2 Å². The molecule has 0 aromatic heterocycles. The fraction of sp³-hybridized carbons (Fsp3) is 0.450. The van der Waals surface area contributed by atoms with Gasteiger partial charge in [0.1, 0.15) is 5.78 Å². The highest BCUT2D eigenvalue weighted by Crippen LogP contribution is 2.36. The number of hydrogen-bond acceptors (Lipinski definition) is 5. The minimum atomic E-state index is -1.73. The fourth-order valence-corrected chi connectivity index (χ4v) is 2.61. The number of carbonyl (C=O) groups excluding carboxylic acids is 3. The molecule has 1 unspecified atom stereocenters. The van der Waals surface area contributed by atoms with E-state index < -0.39 is 23.3 Å². The van der Waals surface area contributed by atoms with Gasteiger partial charge in [-0.3, -0.25) is 14.4 Å². The lowest BCUT2D eigenvalue weighted by molar-refractivity contribution is -0.168. The van der Waals surface area contributed by atoms with Crippen LogP contribution in [0.15, 0.2) is 42.5 Å². The van der Waals surface area contributed by atoms with Crippen molar-refractivity contribution in [3.8, 4) is 0 Å². The molecule has 0 saturated carbocycles. The van der Waals surface area contributed by atoms with Gasteiger partial charge in [-0.05, 0) is 45.3 Å². The van der Waals surface area contributed by atoms with Crippen LogP contribution in [0.3, 0.4) is 0 Å². The first kappa shape index (κ1) is 20.6. The first-order valence-corrected chi connectivity index (χ1v) is 8.37. The molecular formula is C20H26O5. The highest BCUT2D eigenvalue weighted by atomic mass is 16.6. The maximum absolute atomic E-state index is 12.5. The Kier molecular flexibility index (Phi) is 7.55. The smallest absolute Gasteiger partial charge is 0.327 e. The molecule has 1 aromatic carbocycles. The van der Waals surface area contributed by atoms with E-state index in [1.165, 1.54) is 13.8 Å². The van der Waals surface area contributed by atoms with E-state index in [1.807, 2.05) is 30.3 Å². The van der Waals surface area contributed by atoms with Crippen molar-refractivity contribution in [1.82, 2.24) is 0 Å². The predicted octanol–water partition coefficient (Wildman–Crippen LogP) is 3.12. The fourth-order valence-electron chi connectivity index (χ4n) is 2.61. The molecule has 0 aliphatic rings. The summed E-state index contributed by atoms with van der Waals surface area (Å²) in [5, 5.41) is 0. The molecule has 25 heavy (non-hydrogen) atoms. The monoisotopic (exact) mass is 346 g/mol. The molecule has 1 atom stereocenters. The summed E-state index contributed by atoms with van der Waals surface area (Å²) in [5.41, 5.74) is -0.614. The summed E-state index contributed by atoms with van der Waals surface area (Å²) in [6.07, 6.45) is 0.351. The predicted molar refractivity (Wildman–Crippen MR) is 94.8 cm³/mol. The second-order valence-electron chi connectivity index (χ2n) is 5.94. The molecule has 0 spiro atoms. The van der Waals surface area contributed by atoms with Gasteiger partial charge in [0.25, 0.3) is 0 Å². The molecule has 5 nitrogen and oxygen atoms in total. The van der Waals surface area contributed by atoms with Crippen molar-refractivity contribution >= 4 is 17.7 Å². The third-order valence-corrected chi connectivity index (χ3v) is 4.20. The number of hydrogen-bond donors (Lipinski definition) is 0. The number of esters is 2. The first-order chi connectivity index (χ1) is 11.8. The van der Waals surface area contributed by atoms with Crippen LogP contribution in [0.4, 0.5) is 0 Å². The molecule has 0 bridgehead atoms. The quantitative estimate of drug-likeness (QED) is 0.390. The van der Waals surface area contributed by atoms with Crippen molar-refractivity contribution in [2.75, 3.05) is 13.2 Å². The Balaban J connectivity index is 3.24. The molecule has 0 N–H and O–H groups in total. The SMILES string of the molecule is C=C(C(Cc1ccccc1)C(C)=O)C(C)(C(=O)OCC)C(=O)OCC. The van der Waals surface area contributed by atoms with Gasteiger partial charge in [-0.25, -0.2) is 0 Å². The number of rotatable bonds is 9. The van der Waals surface area contributed by atoms with E-state index in [0.717, 1.165) is 5.56 Å². The normalized spacial score (nSPS) is 12.2. The minimum absolute atomic E-state index is 0.116. The summed E-state index contributed by atoms with van der Waals surface area (Å²) in [4.78, 5) is 37.2. The van der Waals surface area contributed by atoms with Crippen molar-refractivity contribution in [2.45, 2.75) is 34.1 Å². The standard InChI is InChI=1S/C20H26O5/c1-6-24-18(22)20(5,19(23)25-7-2)14(3)17(15(4)21)13-16-11-9-8-10-12-16/h8-12,17H,3,6-7,13H2,1-2,4-5H3. The second-order valence-corrected chi connectivity index (χ2v) is 5.94. The van der Waals surface area contributed by atoms with Crippen LogP contribution in [-0.2, 0) is 30.3 Å². The topological polar surface area (TPSA) is 69.7 Å². The molecular weight excluding hydrogens is 320 g/mol. The Morgan fingerprint density at radius 3 is 1.92 bits per heavy atom. The molecule has 136 valence electrons. The molecule has 0 radical (unpaired) electrons. The lowest BCUT2D eigenvalue weighted by Gasteiger charge is -2.31. The van der Waals surface area contributed by atoms with Crippen molar-refractivity contribution in [1.29, 1.82) is 0 Å². The zero-order valence-corrected chi connectivity index (χ0v) is 15.3. The van der Waals surface area contributed by atoms with Crippen LogP contribution in [0.2, 0.25) is 0 Å². The van der Waals surface area contributed by atoms with Crippen molar-refractivity contribution in [2.24, 2.45) is 11.3 Å². The highest BCUT2D eigenvalue weighted by Gasteiger charge is 2.49. The van der Waals surface area contributed by atoms with Gasteiger partial charge in [0.15, 0.2) is 5.41 Å². The summed E-state index contributed by atoms with van der Waals surface area (Å²) in [5.74, 6) is -2.37. The Hall–Kier alpha value is -2.43. The largest absolute Gasteiger partial charge is 0.465 e. The van der Waals surface area contributed by atoms with Crippen LogP contribution in [0.5, 0.6) is 0 Å². The average Bonchev–Trinajstić information content (AvgIpc) is 2.59. The summed E-state index contributed by atoms with van der Waals surface area (Å²) in [7, 11) is 0. The molecule has 0 amide bonds. The number of carbonyl (C=O) groups is 3. The van der Waals surface area contributed by atoms with E-state index in [-0.39, 0.29) is 24.6 Å². The Bertz CT molecular complexity index is 615. The van der Waals surface area contributed by atoms with Crippen LogP contribution in [0.25, 0.3) is 0 Å². The van der Waals surface area contributed by atoms with Gasteiger partial charge in [-0.1, -0.05) is 36.9 Å². The number of Topliss-reactive ketones (excluding diaryl/α,β-unsaturated/α-hetero) is 1. The minimum Gasteiger partial charge on any atom is -0.465 e. The summed E-state index contributed by atoms with van der Waals surface area (Å²) >= 11 is 0. The highest BCUT2D eigenvalue weighted by molar-refractivity contribution is 6.04. The summed E-state index contributed by atoms with van der Waals surface area (Å²) in [6.45, 7) is 10.3. The zero-order valence-electron chi connectivity index (χ0n) is 15.3. The third-order valence-electron chi connectivity index (χ3n) is 4.20. The first-order valence-electron chi connectivity index (χ1n) is 8.37. The number of benzene rings is 1. The molecule has 0 aliphatic carbocycles. The van der Waals surface area contributed by atoms with Gasteiger partial charge in [0.2, 0.25) is 0 Å². The maximum Gasteiger partial charge on any atom is 0.327 e. The second kappa shape index (κ2) is 9.16. The van der Waals surface area contributed by atoms with Gasteiger partial charge >= 0.3 is 11.9 Å². The van der Waals surface area contributed by atoms with E-state index >= 15 is 0 Å². The lowest BCUT2D eigenvalue weighted by atomic mass is 9.73. The van der Waals surface area contributed by atoms with Crippen molar-refractivity contribution < 1.29 is 23.9 Å². The summed E-state index contributed by atoms with van der Waals surface area (Å²) < 4.78 is 10.1. The van der Waals surface area contributed by atoms with E-state index in [1.54, 1.807) is 13.8 Å². The van der Waals surface area contributed by atoms with E-state index in [4.69, 9.17) is 9.47 Å². The molecule has 0 heterocycles. The van der Waals surface area contributed by atoms with Crippen LogP contribution >= 0.6 is 0 Å². The molecule has 1 aromatic rings. The molecule has 0 fully saturated rings. The van der Waals surface area contributed by atoms with E-state index in [2.05, 4.69) is 6.58 Å². The molecule has 0 saturated heterocycles. The third kappa shape index (κ3) is 4.78. The number of ketones is 1. The van der Waals surface area contributed by atoms with Gasteiger partial charge < -0.3 is 9.47 Å². The average molecular weight is 346 g/mol. The molecule has 0 aliphatic heterocycles. The van der Waals surface area contributed by atoms with Gasteiger partial charge in [-0.2, -0.15) is 0 Å². The Morgan fingerprint density at radius 2 is 1.52 bits per heavy atom. The lowest BCUT2D eigenvalue weighted by Crippen LogP contribution is -2.44. The summed E-state index contributed by atoms with van der Waals surface area (Å²) in [6, 6.07) is 9.38.